The highest BCUT2D eigenvalue weighted by atomic mass is 15.1. The van der Waals surface area contributed by atoms with E-state index in [9.17, 15) is 0 Å². The number of aromatic nitrogens is 3. The number of rotatable bonds is 0. The van der Waals surface area contributed by atoms with Crippen LogP contribution in [0.25, 0.3) is 32.7 Å². The van der Waals surface area contributed by atoms with Crippen molar-refractivity contribution in [2.75, 3.05) is 0 Å². The summed E-state index contributed by atoms with van der Waals surface area (Å²) in [5, 5.41) is 11.7. The number of hydrogen-bond donors (Lipinski definition) is 1. The van der Waals surface area contributed by atoms with Crippen LogP contribution in [-0.4, -0.2) is 15.2 Å². The molecule has 0 bridgehead atoms. The molecule has 3 heteroatoms. The monoisotopic (exact) mass is 219 g/mol. The number of nitrogens with zero attached hydrogens (tertiary/aromatic N) is 2. The summed E-state index contributed by atoms with van der Waals surface area (Å²) in [4.78, 5) is 3.42. The molecule has 1 N–H and O–H groups in total. The summed E-state index contributed by atoms with van der Waals surface area (Å²) in [5.74, 6) is 0. The largest absolute Gasteiger partial charge is 0.353 e. The predicted molar refractivity (Wildman–Crippen MR) is 68.9 cm³/mol. The first-order valence-electron chi connectivity index (χ1n) is 5.54. The van der Waals surface area contributed by atoms with Crippen molar-refractivity contribution in [2.45, 2.75) is 0 Å². The molecule has 0 unspecified atom stereocenters. The van der Waals surface area contributed by atoms with E-state index in [2.05, 4.69) is 45.5 Å². The lowest BCUT2D eigenvalue weighted by Gasteiger charge is -1.96. The van der Waals surface area contributed by atoms with Crippen molar-refractivity contribution in [3.8, 4) is 0 Å². The van der Waals surface area contributed by atoms with Crippen LogP contribution in [-0.2, 0) is 0 Å². The van der Waals surface area contributed by atoms with E-state index < -0.39 is 0 Å². The summed E-state index contributed by atoms with van der Waals surface area (Å²) in [6.45, 7) is 0. The number of benzene rings is 2. The van der Waals surface area contributed by atoms with Gasteiger partial charge in [0.05, 0.1) is 11.7 Å². The van der Waals surface area contributed by atoms with Gasteiger partial charge in [-0.3, -0.25) is 0 Å². The van der Waals surface area contributed by atoms with Gasteiger partial charge in [-0.2, -0.15) is 5.10 Å². The maximum Gasteiger partial charge on any atom is 0.117 e. The van der Waals surface area contributed by atoms with Gasteiger partial charge in [0.2, 0.25) is 0 Å². The zero-order valence-corrected chi connectivity index (χ0v) is 9.01. The number of aromatic amines is 1. The topological polar surface area (TPSA) is 41.6 Å². The molecular weight excluding hydrogens is 210 g/mol. The number of H-pyrrole nitrogens is 1. The Labute approximate surface area is 97.1 Å². The van der Waals surface area contributed by atoms with Crippen molar-refractivity contribution in [1.82, 2.24) is 15.2 Å². The Kier molecular flexibility index (Phi) is 1.56. The number of nitrogens with one attached hydrogen (secondary N) is 1. The van der Waals surface area contributed by atoms with Crippen molar-refractivity contribution in [3.05, 3.63) is 48.7 Å². The van der Waals surface area contributed by atoms with Crippen LogP contribution in [0, 0.1) is 0 Å². The van der Waals surface area contributed by atoms with Gasteiger partial charge in [0.1, 0.15) is 5.52 Å². The van der Waals surface area contributed by atoms with E-state index in [0.717, 1.165) is 21.9 Å². The molecular formula is C14H9N3. The van der Waals surface area contributed by atoms with Crippen molar-refractivity contribution >= 4 is 32.7 Å². The van der Waals surface area contributed by atoms with Crippen molar-refractivity contribution in [3.63, 3.8) is 0 Å². The van der Waals surface area contributed by atoms with E-state index in [1.807, 2.05) is 12.1 Å². The summed E-state index contributed by atoms with van der Waals surface area (Å²) in [7, 11) is 0. The van der Waals surface area contributed by atoms with Gasteiger partial charge < -0.3 is 4.98 Å². The Balaban J connectivity index is 2.34. The van der Waals surface area contributed by atoms with E-state index in [-0.39, 0.29) is 0 Å². The fourth-order valence-corrected chi connectivity index (χ4v) is 2.37. The molecule has 2 aromatic carbocycles. The second-order valence-electron chi connectivity index (χ2n) is 4.13. The highest BCUT2D eigenvalue weighted by Crippen LogP contribution is 2.29. The van der Waals surface area contributed by atoms with Gasteiger partial charge in [-0.15, -0.1) is 5.10 Å². The zero-order chi connectivity index (χ0) is 11.2. The van der Waals surface area contributed by atoms with Gasteiger partial charge in [0.25, 0.3) is 0 Å². The van der Waals surface area contributed by atoms with Crippen LogP contribution in [0.3, 0.4) is 0 Å². The molecule has 4 aromatic rings. The highest BCUT2D eigenvalue weighted by Gasteiger charge is 2.07. The van der Waals surface area contributed by atoms with Crippen molar-refractivity contribution in [1.29, 1.82) is 0 Å². The van der Waals surface area contributed by atoms with E-state index in [1.54, 1.807) is 6.20 Å². The molecule has 0 saturated carbocycles. The molecule has 4 rings (SSSR count). The molecule has 0 fully saturated rings. The minimum atomic E-state index is 0.932. The molecule has 0 aliphatic carbocycles. The number of para-hydroxylation sites is 1. The van der Waals surface area contributed by atoms with Crippen LogP contribution in [0.1, 0.15) is 0 Å². The average molecular weight is 219 g/mol. The average Bonchev–Trinajstić information content (AvgIpc) is 2.78. The van der Waals surface area contributed by atoms with E-state index in [4.69, 9.17) is 0 Å². The fraction of sp³-hybridized carbons (Fsp3) is 0. The second-order valence-corrected chi connectivity index (χ2v) is 4.13. The van der Waals surface area contributed by atoms with Gasteiger partial charge in [-0.05, 0) is 12.1 Å². The molecule has 2 heterocycles. The first-order chi connectivity index (χ1) is 8.43. The first-order valence-corrected chi connectivity index (χ1v) is 5.54. The molecule has 0 aliphatic rings. The van der Waals surface area contributed by atoms with Crippen molar-refractivity contribution < 1.29 is 0 Å². The normalized spacial score (nSPS) is 11.5. The number of fused-ring (bicyclic) bond motifs is 5. The van der Waals surface area contributed by atoms with E-state index in [0.29, 0.717) is 0 Å². The SMILES string of the molecule is c1ccc2c(c1)[nH]c1c2ccc2ccnnc21. The third-order valence-electron chi connectivity index (χ3n) is 3.16. The molecule has 2 aromatic heterocycles. The summed E-state index contributed by atoms with van der Waals surface area (Å²) in [6.07, 6.45) is 1.72. The standard InChI is InChI=1S/C14H9N3/c1-2-4-12-10(3-1)11-6-5-9-7-8-15-17-13(9)14(11)16-12/h1-8,16H. The van der Waals surface area contributed by atoms with Gasteiger partial charge >= 0.3 is 0 Å². The molecule has 0 radical (unpaired) electrons. The summed E-state index contributed by atoms with van der Waals surface area (Å²) in [5.41, 5.74) is 3.14. The van der Waals surface area contributed by atoms with Gasteiger partial charge in [0.15, 0.2) is 0 Å². The maximum atomic E-state index is 4.22. The third kappa shape index (κ3) is 1.11. The molecule has 80 valence electrons. The lowest BCUT2D eigenvalue weighted by molar-refractivity contribution is 1.08. The summed E-state index contributed by atoms with van der Waals surface area (Å²) in [6, 6.07) is 14.5. The molecule has 3 nitrogen and oxygen atoms in total. The highest BCUT2D eigenvalue weighted by molar-refractivity contribution is 6.15. The Hall–Kier alpha value is -2.42. The van der Waals surface area contributed by atoms with Gasteiger partial charge in [-0.25, -0.2) is 0 Å². The Morgan fingerprint density at radius 1 is 0.882 bits per heavy atom. The van der Waals surface area contributed by atoms with Gasteiger partial charge in [0, 0.05) is 21.7 Å². The smallest absolute Gasteiger partial charge is 0.117 e. The van der Waals surface area contributed by atoms with Crippen LogP contribution in [0.2, 0.25) is 0 Å². The minimum absolute atomic E-state index is 0.932. The van der Waals surface area contributed by atoms with Gasteiger partial charge in [-0.1, -0.05) is 30.3 Å². The molecule has 0 saturated heterocycles. The van der Waals surface area contributed by atoms with Crippen LogP contribution in [0.5, 0.6) is 0 Å². The van der Waals surface area contributed by atoms with Crippen LogP contribution >= 0.6 is 0 Å². The van der Waals surface area contributed by atoms with Crippen molar-refractivity contribution in [2.24, 2.45) is 0 Å². The number of hydrogen-bond acceptors (Lipinski definition) is 2. The molecule has 0 atom stereocenters. The molecule has 0 aliphatic heterocycles. The van der Waals surface area contributed by atoms with Crippen LogP contribution in [0.4, 0.5) is 0 Å². The second kappa shape index (κ2) is 3.04. The lowest BCUT2D eigenvalue weighted by Crippen LogP contribution is -1.83. The third-order valence-corrected chi connectivity index (χ3v) is 3.16. The molecule has 0 amide bonds. The summed E-state index contributed by atoms with van der Waals surface area (Å²) >= 11 is 0. The fourth-order valence-electron chi connectivity index (χ4n) is 2.37. The maximum absolute atomic E-state index is 4.22. The van der Waals surface area contributed by atoms with E-state index in [1.165, 1.54) is 10.8 Å². The van der Waals surface area contributed by atoms with Crippen LogP contribution < -0.4 is 0 Å². The Bertz CT molecular complexity index is 846. The van der Waals surface area contributed by atoms with E-state index >= 15 is 0 Å². The molecule has 17 heavy (non-hydrogen) atoms. The Morgan fingerprint density at radius 3 is 2.82 bits per heavy atom. The van der Waals surface area contributed by atoms with Crippen LogP contribution in [0.15, 0.2) is 48.7 Å². The Morgan fingerprint density at radius 2 is 1.82 bits per heavy atom. The quantitative estimate of drug-likeness (QED) is 0.493. The zero-order valence-electron chi connectivity index (χ0n) is 9.01. The summed E-state index contributed by atoms with van der Waals surface area (Å²) < 4.78 is 0. The minimum Gasteiger partial charge on any atom is -0.353 e. The molecule has 0 spiro atoms. The lowest BCUT2D eigenvalue weighted by atomic mass is 10.1. The first kappa shape index (κ1) is 8.70. The predicted octanol–water partition coefficient (Wildman–Crippen LogP) is 3.26.